The number of hydrogen-bond acceptors (Lipinski definition) is 1. The molecule has 4 aromatic carbocycles. The molecule has 0 unspecified atom stereocenters. The molecular weight excluding hydrogens is 408 g/mol. The highest BCUT2D eigenvalue weighted by Gasteiger charge is 2.40. The van der Waals surface area contributed by atoms with Crippen LogP contribution in [0, 0.1) is 0 Å². The molecular formula is C28H29OSi2-. The van der Waals surface area contributed by atoms with Gasteiger partial charge in [0.2, 0.25) is 0 Å². The molecule has 0 saturated heterocycles. The summed E-state index contributed by atoms with van der Waals surface area (Å²) in [6, 6.07) is 44.0. The highest BCUT2D eigenvalue weighted by Crippen LogP contribution is 2.21. The number of rotatable bonds is 6. The van der Waals surface area contributed by atoms with Gasteiger partial charge >= 0.3 is 0 Å². The second-order valence-electron chi connectivity index (χ2n) is 8.73. The smallest absolute Gasteiger partial charge is 0.117 e. The Morgan fingerprint density at radius 2 is 0.839 bits per heavy atom. The first kappa shape index (κ1) is 21.5. The molecule has 0 amide bonds. The molecule has 0 aliphatic rings. The fraction of sp³-hybridized carbons (Fsp3) is 0.143. The summed E-state index contributed by atoms with van der Waals surface area (Å²) in [5.74, 6) is 0. The highest BCUT2D eigenvalue weighted by molar-refractivity contribution is 7.49. The van der Waals surface area contributed by atoms with Crippen LogP contribution in [0.25, 0.3) is 0 Å². The largest absolute Gasteiger partial charge is 0.434 e. The van der Waals surface area contributed by atoms with Crippen LogP contribution >= 0.6 is 0 Å². The summed E-state index contributed by atoms with van der Waals surface area (Å²) in [7, 11) is -4.01. The van der Waals surface area contributed by atoms with Gasteiger partial charge in [-0.25, -0.2) is 8.31 Å². The van der Waals surface area contributed by atoms with Crippen molar-refractivity contribution in [2.24, 2.45) is 0 Å². The summed E-state index contributed by atoms with van der Waals surface area (Å²) >= 11 is 0. The molecule has 1 nitrogen and oxygen atoms in total. The van der Waals surface area contributed by atoms with Crippen LogP contribution in [0.15, 0.2) is 121 Å². The fourth-order valence-corrected chi connectivity index (χ4v) is 17.3. The van der Waals surface area contributed by atoms with Gasteiger partial charge in [-0.2, -0.15) is 10.4 Å². The third kappa shape index (κ3) is 4.64. The zero-order valence-corrected chi connectivity index (χ0v) is 20.5. The zero-order valence-electron chi connectivity index (χ0n) is 18.5. The van der Waals surface area contributed by atoms with Crippen LogP contribution in [0.3, 0.4) is 0 Å². The molecule has 3 heteroatoms. The van der Waals surface area contributed by atoms with Crippen molar-refractivity contribution >= 4 is 36.9 Å². The van der Waals surface area contributed by atoms with E-state index in [9.17, 15) is 0 Å². The molecule has 0 aliphatic heterocycles. The second kappa shape index (κ2) is 9.19. The van der Waals surface area contributed by atoms with Crippen molar-refractivity contribution in [2.45, 2.75) is 26.4 Å². The Morgan fingerprint density at radius 1 is 0.516 bits per heavy atom. The van der Waals surface area contributed by atoms with Crippen LogP contribution in [-0.4, -0.2) is 21.8 Å². The normalized spacial score (nSPS) is 11.8. The average molecular weight is 438 g/mol. The van der Waals surface area contributed by atoms with Crippen molar-refractivity contribution < 1.29 is 4.43 Å². The molecule has 4 rings (SSSR count). The minimum Gasteiger partial charge on any atom is -0.434 e. The van der Waals surface area contributed by atoms with Gasteiger partial charge < -0.3 is 4.43 Å². The minimum atomic E-state index is -2.69. The third-order valence-corrected chi connectivity index (χ3v) is 16.9. The molecule has 0 spiro atoms. The SMILES string of the molecule is CC(C)(C)O[Si](c1ccccc1)(c1ccccc1)[Si-](c1ccccc1)c1ccccc1. The number of hydrogen-bond donors (Lipinski definition) is 0. The Morgan fingerprint density at radius 3 is 1.16 bits per heavy atom. The maximum absolute atomic E-state index is 7.35. The van der Waals surface area contributed by atoms with E-state index >= 15 is 0 Å². The van der Waals surface area contributed by atoms with Crippen LogP contribution in [0.5, 0.6) is 0 Å². The summed E-state index contributed by atoms with van der Waals surface area (Å²) in [6.07, 6.45) is 0. The van der Waals surface area contributed by atoms with E-state index < -0.39 is 16.1 Å². The first-order valence-electron chi connectivity index (χ1n) is 10.8. The molecule has 0 fully saturated rings. The van der Waals surface area contributed by atoms with Gasteiger partial charge in [0, 0.05) is 5.60 Å². The van der Waals surface area contributed by atoms with Crippen LogP contribution in [0.2, 0.25) is 0 Å². The quantitative estimate of drug-likeness (QED) is 0.415. The Kier molecular flexibility index (Phi) is 6.37. The Hall–Kier alpha value is -2.73. The molecule has 0 N–H and O–H groups in total. The van der Waals surface area contributed by atoms with Crippen LogP contribution in [0.1, 0.15) is 20.8 Å². The molecule has 0 atom stereocenters. The zero-order chi connectivity index (χ0) is 21.7. The molecule has 4 aromatic rings. The monoisotopic (exact) mass is 437 g/mol. The lowest BCUT2D eigenvalue weighted by Crippen LogP contribution is -2.79. The fourth-order valence-electron chi connectivity index (χ4n) is 4.21. The predicted molar refractivity (Wildman–Crippen MR) is 137 cm³/mol. The van der Waals surface area contributed by atoms with Crippen LogP contribution < -0.4 is 20.7 Å². The van der Waals surface area contributed by atoms with E-state index in [1.165, 1.54) is 20.7 Å². The third-order valence-electron chi connectivity index (χ3n) is 5.30. The van der Waals surface area contributed by atoms with Gasteiger partial charge in [0.15, 0.2) is 0 Å². The Labute approximate surface area is 188 Å². The van der Waals surface area contributed by atoms with E-state index in [0.29, 0.717) is 0 Å². The van der Waals surface area contributed by atoms with Gasteiger partial charge in [-0.3, -0.25) is 0 Å². The summed E-state index contributed by atoms with van der Waals surface area (Å²) in [5, 5.41) is 5.44. The first-order chi connectivity index (χ1) is 15.0. The second-order valence-corrected chi connectivity index (χ2v) is 17.0. The predicted octanol–water partition coefficient (Wildman–Crippen LogP) is 3.95. The van der Waals surface area contributed by atoms with Crippen molar-refractivity contribution in [3.63, 3.8) is 0 Å². The highest BCUT2D eigenvalue weighted by atomic mass is 29.2. The van der Waals surface area contributed by atoms with E-state index in [1.54, 1.807) is 0 Å². The molecule has 31 heavy (non-hydrogen) atoms. The van der Waals surface area contributed by atoms with Gasteiger partial charge in [0.25, 0.3) is 0 Å². The summed E-state index contributed by atoms with van der Waals surface area (Å²) in [4.78, 5) is 0. The number of benzene rings is 4. The molecule has 0 saturated carbocycles. The minimum absolute atomic E-state index is 0.280. The van der Waals surface area contributed by atoms with Crippen molar-refractivity contribution in [3.8, 4) is 0 Å². The summed E-state index contributed by atoms with van der Waals surface area (Å²) < 4.78 is 7.35. The summed E-state index contributed by atoms with van der Waals surface area (Å²) in [6.45, 7) is 6.57. The lowest BCUT2D eigenvalue weighted by molar-refractivity contribution is 0.132. The van der Waals surface area contributed by atoms with E-state index in [0.717, 1.165) is 0 Å². The lowest BCUT2D eigenvalue weighted by Gasteiger charge is -2.54. The van der Waals surface area contributed by atoms with Gasteiger partial charge in [-0.15, -0.1) is 0 Å². The van der Waals surface area contributed by atoms with Crippen molar-refractivity contribution in [3.05, 3.63) is 121 Å². The lowest BCUT2D eigenvalue weighted by atomic mass is 10.2. The van der Waals surface area contributed by atoms with Crippen LogP contribution in [0.4, 0.5) is 0 Å². The van der Waals surface area contributed by atoms with E-state index in [2.05, 4.69) is 142 Å². The van der Waals surface area contributed by atoms with Gasteiger partial charge in [0.1, 0.15) is 7.83 Å². The topological polar surface area (TPSA) is 9.23 Å². The molecule has 156 valence electrons. The Bertz CT molecular complexity index is 996. The molecule has 0 radical (unpaired) electrons. The maximum atomic E-state index is 7.35. The van der Waals surface area contributed by atoms with E-state index in [1.807, 2.05) is 0 Å². The molecule has 0 aliphatic carbocycles. The maximum Gasteiger partial charge on any atom is 0.117 e. The molecule has 0 aromatic heterocycles. The van der Waals surface area contributed by atoms with E-state index in [4.69, 9.17) is 4.43 Å². The van der Waals surface area contributed by atoms with Crippen molar-refractivity contribution in [2.75, 3.05) is 0 Å². The first-order valence-corrected chi connectivity index (χ1v) is 15.2. The van der Waals surface area contributed by atoms with Crippen molar-refractivity contribution in [1.29, 1.82) is 0 Å². The van der Waals surface area contributed by atoms with Gasteiger partial charge in [0.05, 0.1) is 0 Å². The molecule has 0 bridgehead atoms. The van der Waals surface area contributed by atoms with Gasteiger partial charge in [-0.05, 0) is 20.8 Å². The van der Waals surface area contributed by atoms with Gasteiger partial charge in [-0.1, -0.05) is 132 Å². The standard InChI is InChI=1S/C28H29OSi2/c1-28(2,3)29-31(26-20-12-6-13-21-26,27-22-14-7-15-23-27)30(24-16-8-4-9-17-24)25-18-10-5-11-19-25/h4-23H,1-3H3/q-1. The average Bonchev–Trinajstić information content (AvgIpc) is 2.80. The van der Waals surface area contributed by atoms with Crippen LogP contribution in [-0.2, 0) is 4.43 Å². The summed E-state index contributed by atoms with van der Waals surface area (Å²) in [5.41, 5.74) is -0.280. The van der Waals surface area contributed by atoms with Crippen molar-refractivity contribution in [1.82, 2.24) is 0 Å². The van der Waals surface area contributed by atoms with E-state index in [-0.39, 0.29) is 5.60 Å². The Balaban J connectivity index is 2.10. The molecule has 0 heterocycles.